The molecule has 0 amide bonds. The van der Waals surface area contributed by atoms with Crippen LogP contribution in [0.15, 0.2) is 24.3 Å². The molecule has 3 heteroatoms. The molecule has 0 aliphatic carbocycles. The molecule has 0 unspecified atom stereocenters. The van der Waals surface area contributed by atoms with E-state index in [9.17, 15) is 0 Å². The SMILES string of the molecule is CC[C@@H](CO)NCc1ccccc1OC(C)C. The summed E-state index contributed by atoms with van der Waals surface area (Å²) in [6, 6.07) is 8.17. The molecule has 1 aromatic carbocycles. The summed E-state index contributed by atoms with van der Waals surface area (Å²) < 4.78 is 5.74. The quantitative estimate of drug-likeness (QED) is 0.765. The Bertz CT molecular complexity index is 322. The molecule has 0 saturated heterocycles. The van der Waals surface area contributed by atoms with Gasteiger partial charge in [-0.15, -0.1) is 0 Å². The first-order valence-electron chi connectivity index (χ1n) is 6.26. The van der Waals surface area contributed by atoms with Crippen LogP contribution in [0.1, 0.15) is 32.8 Å². The highest BCUT2D eigenvalue weighted by atomic mass is 16.5. The van der Waals surface area contributed by atoms with Crippen molar-refractivity contribution >= 4 is 0 Å². The Labute approximate surface area is 104 Å². The van der Waals surface area contributed by atoms with Gasteiger partial charge in [0.1, 0.15) is 5.75 Å². The molecule has 1 aromatic rings. The molecule has 0 heterocycles. The number of benzene rings is 1. The molecule has 0 bridgehead atoms. The standard InChI is InChI=1S/C14H23NO2/c1-4-13(10-16)15-9-12-7-5-6-8-14(12)17-11(2)3/h5-8,11,13,15-16H,4,9-10H2,1-3H3/t13-/m0/s1. The number of nitrogens with one attached hydrogen (secondary N) is 1. The van der Waals surface area contributed by atoms with E-state index in [0.29, 0.717) is 0 Å². The molecule has 1 rings (SSSR count). The van der Waals surface area contributed by atoms with Crippen LogP contribution in [0.4, 0.5) is 0 Å². The van der Waals surface area contributed by atoms with E-state index in [2.05, 4.69) is 18.3 Å². The predicted molar refractivity (Wildman–Crippen MR) is 70.2 cm³/mol. The normalized spacial score (nSPS) is 12.8. The zero-order valence-electron chi connectivity index (χ0n) is 10.9. The number of aliphatic hydroxyl groups excluding tert-OH is 1. The van der Waals surface area contributed by atoms with Crippen LogP contribution in [0.2, 0.25) is 0 Å². The van der Waals surface area contributed by atoms with E-state index < -0.39 is 0 Å². The smallest absolute Gasteiger partial charge is 0.124 e. The van der Waals surface area contributed by atoms with E-state index in [-0.39, 0.29) is 18.8 Å². The first-order chi connectivity index (χ1) is 8.17. The van der Waals surface area contributed by atoms with Crippen molar-refractivity contribution in [3.8, 4) is 5.75 Å². The number of rotatable bonds is 7. The minimum atomic E-state index is 0.155. The highest BCUT2D eigenvalue weighted by molar-refractivity contribution is 5.33. The van der Waals surface area contributed by atoms with Gasteiger partial charge in [0.25, 0.3) is 0 Å². The molecule has 1 atom stereocenters. The molecule has 0 spiro atoms. The predicted octanol–water partition coefficient (Wildman–Crippen LogP) is 2.33. The summed E-state index contributed by atoms with van der Waals surface area (Å²) in [6.45, 7) is 7.00. The van der Waals surface area contributed by atoms with Gasteiger partial charge in [-0.05, 0) is 26.3 Å². The fraction of sp³-hybridized carbons (Fsp3) is 0.571. The summed E-state index contributed by atoms with van der Waals surface area (Å²) >= 11 is 0. The molecule has 0 aromatic heterocycles. The topological polar surface area (TPSA) is 41.5 Å². The second-order valence-electron chi connectivity index (χ2n) is 4.44. The van der Waals surface area contributed by atoms with Crippen molar-refractivity contribution in [1.29, 1.82) is 0 Å². The van der Waals surface area contributed by atoms with Crippen LogP contribution in [-0.4, -0.2) is 23.9 Å². The van der Waals surface area contributed by atoms with Gasteiger partial charge in [-0.25, -0.2) is 0 Å². The largest absolute Gasteiger partial charge is 0.491 e. The zero-order chi connectivity index (χ0) is 12.7. The van der Waals surface area contributed by atoms with E-state index in [1.54, 1.807) is 0 Å². The number of hydrogen-bond donors (Lipinski definition) is 2. The van der Waals surface area contributed by atoms with Crippen LogP contribution in [0.5, 0.6) is 5.75 Å². The molecule has 0 radical (unpaired) electrons. The van der Waals surface area contributed by atoms with Crippen LogP contribution in [0.3, 0.4) is 0 Å². The lowest BCUT2D eigenvalue weighted by Gasteiger charge is -2.17. The molecule has 0 aliphatic rings. The third-order valence-corrected chi connectivity index (χ3v) is 2.63. The van der Waals surface area contributed by atoms with Crippen molar-refractivity contribution in [2.24, 2.45) is 0 Å². The lowest BCUT2D eigenvalue weighted by Crippen LogP contribution is -2.31. The summed E-state index contributed by atoms with van der Waals surface area (Å²) in [5, 5.41) is 12.4. The van der Waals surface area contributed by atoms with Gasteiger partial charge in [-0.1, -0.05) is 25.1 Å². The van der Waals surface area contributed by atoms with Crippen molar-refractivity contribution < 1.29 is 9.84 Å². The Balaban J connectivity index is 2.63. The second kappa shape index (κ2) is 7.30. The third kappa shape index (κ3) is 4.75. The van der Waals surface area contributed by atoms with E-state index in [0.717, 1.165) is 24.3 Å². The average molecular weight is 237 g/mol. The minimum Gasteiger partial charge on any atom is -0.491 e. The van der Waals surface area contributed by atoms with E-state index in [4.69, 9.17) is 9.84 Å². The van der Waals surface area contributed by atoms with Crippen LogP contribution < -0.4 is 10.1 Å². The summed E-state index contributed by atoms with van der Waals surface area (Å²) in [7, 11) is 0. The summed E-state index contributed by atoms with van der Waals surface area (Å²) in [5.41, 5.74) is 1.13. The first kappa shape index (κ1) is 14.0. The maximum Gasteiger partial charge on any atom is 0.124 e. The zero-order valence-corrected chi connectivity index (χ0v) is 10.9. The molecule has 0 saturated carbocycles. The van der Waals surface area contributed by atoms with Gasteiger partial charge < -0.3 is 15.2 Å². The Morgan fingerprint density at radius 1 is 1.29 bits per heavy atom. The van der Waals surface area contributed by atoms with Gasteiger partial charge in [-0.2, -0.15) is 0 Å². The third-order valence-electron chi connectivity index (χ3n) is 2.63. The van der Waals surface area contributed by atoms with Crippen LogP contribution in [0, 0.1) is 0 Å². The average Bonchev–Trinajstić information content (AvgIpc) is 2.31. The Morgan fingerprint density at radius 3 is 2.59 bits per heavy atom. The van der Waals surface area contributed by atoms with E-state index in [1.807, 2.05) is 32.0 Å². The van der Waals surface area contributed by atoms with Crippen LogP contribution >= 0.6 is 0 Å². The Hall–Kier alpha value is -1.06. The molecule has 17 heavy (non-hydrogen) atoms. The van der Waals surface area contributed by atoms with Gasteiger partial charge in [0, 0.05) is 18.2 Å². The highest BCUT2D eigenvalue weighted by Gasteiger charge is 2.07. The molecule has 3 nitrogen and oxygen atoms in total. The molecular formula is C14H23NO2. The Morgan fingerprint density at radius 2 is 2.00 bits per heavy atom. The molecule has 2 N–H and O–H groups in total. The minimum absolute atomic E-state index is 0.155. The van der Waals surface area contributed by atoms with Crippen molar-refractivity contribution in [3.05, 3.63) is 29.8 Å². The number of aliphatic hydroxyl groups is 1. The summed E-state index contributed by atoms with van der Waals surface area (Å²) in [4.78, 5) is 0. The lowest BCUT2D eigenvalue weighted by molar-refractivity contribution is 0.230. The van der Waals surface area contributed by atoms with Crippen molar-refractivity contribution in [3.63, 3.8) is 0 Å². The summed E-state index contributed by atoms with van der Waals surface area (Å²) in [6.07, 6.45) is 1.10. The van der Waals surface area contributed by atoms with Gasteiger partial charge in [0.05, 0.1) is 12.7 Å². The summed E-state index contributed by atoms with van der Waals surface area (Å²) in [5.74, 6) is 0.919. The number of para-hydroxylation sites is 1. The van der Waals surface area contributed by atoms with Gasteiger partial charge in [0.15, 0.2) is 0 Å². The fourth-order valence-electron chi connectivity index (χ4n) is 1.61. The van der Waals surface area contributed by atoms with Crippen molar-refractivity contribution in [2.45, 2.75) is 45.9 Å². The van der Waals surface area contributed by atoms with Crippen LogP contribution in [-0.2, 0) is 6.54 Å². The monoisotopic (exact) mass is 237 g/mol. The number of ether oxygens (including phenoxy) is 1. The highest BCUT2D eigenvalue weighted by Crippen LogP contribution is 2.19. The maximum absolute atomic E-state index is 9.13. The van der Waals surface area contributed by atoms with Gasteiger partial charge >= 0.3 is 0 Å². The van der Waals surface area contributed by atoms with Crippen molar-refractivity contribution in [2.75, 3.05) is 6.61 Å². The van der Waals surface area contributed by atoms with E-state index in [1.165, 1.54) is 0 Å². The lowest BCUT2D eigenvalue weighted by atomic mass is 10.1. The molecule has 96 valence electrons. The van der Waals surface area contributed by atoms with Gasteiger partial charge in [-0.3, -0.25) is 0 Å². The van der Waals surface area contributed by atoms with Crippen LogP contribution in [0.25, 0.3) is 0 Å². The molecule has 0 fully saturated rings. The van der Waals surface area contributed by atoms with Gasteiger partial charge in [0.2, 0.25) is 0 Å². The first-order valence-corrected chi connectivity index (χ1v) is 6.26. The molecular weight excluding hydrogens is 214 g/mol. The second-order valence-corrected chi connectivity index (χ2v) is 4.44. The van der Waals surface area contributed by atoms with Crippen molar-refractivity contribution in [1.82, 2.24) is 5.32 Å². The number of hydrogen-bond acceptors (Lipinski definition) is 3. The fourth-order valence-corrected chi connectivity index (χ4v) is 1.61. The maximum atomic E-state index is 9.13. The Kier molecular flexibility index (Phi) is 6.01. The van der Waals surface area contributed by atoms with E-state index >= 15 is 0 Å². The molecule has 0 aliphatic heterocycles.